The lowest BCUT2D eigenvalue weighted by atomic mass is 10.2. The van der Waals surface area contributed by atoms with Crippen molar-refractivity contribution >= 4 is 11.6 Å². The highest BCUT2D eigenvalue weighted by atomic mass is 35.5. The fourth-order valence-corrected chi connectivity index (χ4v) is 2.48. The molecular weight excluding hydrogens is 234 g/mol. The van der Waals surface area contributed by atoms with Crippen LogP contribution in [0.4, 0.5) is 0 Å². The third-order valence-electron chi connectivity index (χ3n) is 2.99. The minimum absolute atomic E-state index is 0.624. The summed E-state index contributed by atoms with van der Waals surface area (Å²) in [6, 6.07) is 5.85. The first-order chi connectivity index (χ1) is 8.33. The number of rotatable bonds is 2. The number of aromatic nitrogens is 3. The largest absolute Gasteiger partial charge is 0.261 e. The van der Waals surface area contributed by atoms with E-state index in [0.717, 1.165) is 42.0 Å². The van der Waals surface area contributed by atoms with Crippen molar-refractivity contribution in [1.82, 2.24) is 15.0 Å². The maximum absolute atomic E-state index is 6.17. The van der Waals surface area contributed by atoms with Crippen molar-refractivity contribution in [2.75, 3.05) is 0 Å². The van der Waals surface area contributed by atoms with Crippen molar-refractivity contribution in [3.8, 4) is 0 Å². The lowest BCUT2D eigenvalue weighted by molar-refractivity contribution is 0.878. The summed E-state index contributed by atoms with van der Waals surface area (Å²) < 4.78 is 0. The van der Waals surface area contributed by atoms with Gasteiger partial charge < -0.3 is 0 Å². The molecule has 2 aromatic rings. The summed E-state index contributed by atoms with van der Waals surface area (Å²) in [6.45, 7) is 0. The van der Waals surface area contributed by atoms with Gasteiger partial charge in [-0.15, -0.1) is 0 Å². The lowest BCUT2D eigenvalue weighted by Crippen LogP contribution is -2.03. The second-order valence-corrected chi connectivity index (χ2v) is 4.57. The smallest absolute Gasteiger partial charge is 0.136 e. The van der Waals surface area contributed by atoms with Crippen LogP contribution in [0.25, 0.3) is 0 Å². The Kier molecular flexibility index (Phi) is 2.77. The molecule has 0 fully saturated rings. The Balaban J connectivity index is 1.92. The van der Waals surface area contributed by atoms with Gasteiger partial charge in [0.15, 0.2) is 0 Å². The predicted molar refractivity (Wildman–Crippen MR) is 66.1 cm³/mol. The lowest BCUT2D eigenvalue weighted by Gasteiger charge is -2.05. The van der Waals surface area contributed by atoms with E-state index in [0.29, 0.717) is 11.6 Å². The molecule has 0 unspecified atom stereocenters. The summed E-state index contributed by atoms with van der Waals surface area (Å²) in [5.41, 5.74) is 3.23. The standard InChI is InChI=1S/C13H12ClN3/c14-13-10-5-3-6-11(10)16-12(17-13)8-9-4-1-2-7-15-9/h1-2,4,7H,3,5-6,8H2. The fraction of sp³-hybridized carbons (Fsp3) is 0.308. The number of pyridine rings is 1. The zero-order valence-electron chi connectivity index (χ0n) is 9.36. The molecule has 0 saturated heterocycles. The van der Waals surface area contributed by atoms with Gasteiger partial charge in [0.1, 0.15) is 11.0 Å². The molecule has 0 bridgehead atoms. The molecule has 3 rings (SSSR count). The van der Waals surface area contributed by atoms with Crippen LogP contribution >= 0.6 is 11.6 Å². The molecule has 86 valence electrons. The Morgan fingerprint density at radius 3 is 2.94 bits per heavy atom. The minimum Gasteiger partial charge on any atom is -0.261 e. The Hall–Kier alpha value is -1.48. The molecule has 1 aliphatic carbocycles. The van der Waals surface area contributed by atoms with Gasteiger partial charge in [-0.1, -0.05) is 17.7 Å². The first-order valence-corrected chi connectivity index (χ1v) is 6.15. The summed E-state index contributed by atoms with van der Waals surface area (Å²) in [7, 11) is 0. The molecule has 2 heterocycles. The Morgan fingerprint density at radius 1 is 1.18 bits per heavy atom. The predicted octanol–water partition coefficient (Wildman–Crippen LogP) is 2.60. The third-order valence-corrected chi connectivity index (χ3v) is 3.31. The van der Waals surface area contributed by atoms with Gasteiger partial charge in [-0.25, -0.2) is 9.97 Å². The van der Waals surface area contributed by atoms with Crippen LogP contribution in [0, 0.1) is 0 Å². The maximum atomic E-state index is 6.17. The Bertz CT molecular complexity index is 540. The number of fused-ring (bicyclic) bond motifs is 1. The number of halogens is 1. The molecule has 4 heteroatoms. The SMILES string of the molecule is Clc1nc(Cc2ccccn2)nc2c1CCC2. The summed E-state index contributed by atoms with van der Waals surface area (Å²) >= 11 is 6.17. The molecule has 0 spiro atoms. The Labute approximate surface area is 105 Å². The Morgan fingerprint density at radius 2 is 2.12 bits per heavy atom. The van der Waals surface area contributed by atoms with Gasteiger partial charge >= 0.3 is 0 Å². The van der Waals surface area contributed by atoms with Crippen LogP contribution in [-0.2, 0) is 19.3 Å². The first-order valence-electron chi connectivity index (χ1n) is 5.77. The number of hydrogen-bond donors (Lipinski definition) is 0. The molecule has 0 aliphatic heterocycles. The van der Waals surface area contributed by atoms with Gasteiger partial charge in [-0.3, -0.25) is 4.98 Å². The van der Waals surface area contributed by atoms with E-state index < -0.39 is 0 Å². The molecule has 2 aromatic heterocycles. The molecule has 0 radical (unpaired) electrons. The van der Waals surface area contributed by atoms with E-state index in [9.17, 15) is 0 Å². The number of hydrogen-bond acceptors (Lipinski definition) is 3. The van der Waals surface area contributed by atoms with Crippen molar-refractivity contribution in [2.45, 2.75) is 25.7 Å². The molecule has 3 nitrogen and oxygen atoms in total. The molecule has 0 atom stereocenters. The van der Waals surface area contributed by atoms with Crippen LogP contribution in [0.5, 0.6) is 0 Å². The van der Waals surface area contributed by atoms with E-state index in [-0.39, 0.29) is 0 Å². The van der Waals surface area contributed by atoms with Crippen molar-refractivity contribution in [2.24, 2.45) is 0 Å². The number of nitrogens with zero attached hydrogens (tertiary/aromatic N) is 3. The summed E-state index contributed by atoms with van der Waals surface area (Å²) in [5, 5.41) is 0.624. The van der Waals surface area contributed by atoms with Crippen LogP contribution in [0.2, 0.25) is 5.15 Å². The first kappa shape index (κ1) is 10.7. The van der Waals surface area contributed by atoms with Crippen molar-refractivity contribution in [3.05, 3.63) is 52.3 Å². The highest BCUT2D eigenvalue weighted by Gasteiger charge is 2.18. The van der Waals surface area contributed by atoms with Crippen molar-refractivity contribution < 1.29 is 0 Å². The molecule has 1 aliphatic rings. The molecule has 0 amide bonds. The van der Waals surface area contributed by atoms with E-state index >= 15 is 0 Å². The van der Waals surface area contributed by atoms with E-state index in [2.05, 4.69) is 15.0 Å². The van der Waals surface area contributed by atoms with Crippen molar-refractivity contribution in [3.63, 3.8) is 0 Å². The average molecular weight is 246 g/mol. The van der Waals surface area contributed by atoms with Crippen LogP contribution in [0.1, 0.15) is 29.2 Å². The van der Waals surface area contributed by atoms with E-state index in [1.807, 2.05) is 18.2 Å². The maximum Gasteiger partial charge on any atom is 0.136 e. The molecule has 0 N–H and O–H groups in total. The topological polar surface area (TPSA) is 38.7 Å². The average Bonchev–Trinajstić information content (AvgIpc) is 2.79. The van der Waals surface area contributed by atoms with Crippen LogP contribution in [0.3, 0.4) is 0 Å². The second-order valence-electron chi connectivity index (χ2n) is 4.21. The monoisotopic (exact) mass is 245 g/mol. The quantitative estimate of drug-likeness (QED) is 0.764. The van der Waals surface area contributed by atoms with Gasteiger partial charge in [0.05, 0.1) is 6.42 Å². The number of aryl methyl sites for hydroxylation is 1. The highest BCUT2D eigenvalue weighted by Crippen LogP contribution is 2.26. The zero-order valence-corrected chi connectivity index (χ0v) is 10.1. The van der Waals surface area contributed by atoms with Gasteiger partial charge in [0, 0.05) is 23.1 Å². The van der Waals surface area contributed by atoms with Gasteiger partial charge in [0.2, 0.25) is 0 Å². The second kappa shape index (κ2) is 4.41. The third kappa shape index (κ3) is 2.15. The van der Waals surface area contributed by atoms with Crippen LogP contribution in [-0.4, -0.2) is 15.0 Å². The van der Waals surface area contributed by atoms with Gasteiger partial charge in [-0.05, 0) is 31.4 Å². The van der Waals surface area contributed by atoms with Crippen molar-refractivity contribution in [1.29, 1.82) is 0 Å². The normalized spacial score (nSPS) is 13.7. The van der Waals surface area contributed by atoms with E-state index in [1.165, 1.54) is 0 Å². The summed E-state index contributed by atoms with van der Waals surface area (Å²) in [4.78, 5) is 13.2. The van der Waals surface area contributed by atoms with E-state index in [4.69, 9.17) is 11.6 Å². The summed E-state index contributed by atoms with van der Waals surface area (Å²) in [5.74, 6) is 0.773. The molecule has 0 saturated carbocycles. The minimum atomic E-state index is 0.624. The van der Waals surface area contributed by atoms with Crippen LogP contribution < -0.4 is 0 Å². The summed E-state index contributed by atoms with van der Waals surface area (Å²) in [6.07, 6.45) is 5.60. The van der Waals surface area contributed by atoms with Crippen LogP contribution in [0.15, 0.2) is 24.4 Å². The van der Waals surface area contributed by atoms with Gasteiger partial charge in [-0.2, -0.15) is 0 Å². The molecular formula is C13H12ClN3. The molecule has 17 heavy (non-hydrogen) atoms. The highest BCUT2D eigenvalue weighted by molar-refractivity contribution is 6.30. The fourth-order valence-electron chi connectivity index (χ4n) is 2.18. The van der Waals surface area contributed by atoms with E-state index in [1.54, 1.807) is 6.20 Å². The molecule has 0 aromatic carbocycles. The van der Waals surface area contributed by atoms with Gasteiger partial charge in [0.25, 0.3) is 0 Å². The zero-order chi connectivity index (χ0) is 11.7.